The maximum absolute atomic E-state index is 11.5. The van der Waals surface area contributed by atoms with E-state index in [2.05, 4.69) is 18.2 Å². The summed E-state index contributed by atoms with van der Waals surface area (Å²) in [4.78, 5) is 13.6. The van der Waals surface area contributed by atoms with E-state index in [9.17, 15) is 4.79 Å². The third-order valence-electron chi connectivity index (χ3n) is 5.08. The molecule has 0 bridgehead atoms. The molecular formula is C17H23NO2. The zero-order chi connectivity index (χ0) is 14.1. The molecule has 108 valence electrons. The first-order valence-electron chi connectivity index (χ1n) is 7.56. The minimum Gasteiger partial charge on any atom is -0.497 e. The molecule has 1 aromatic rings. The third-order valence-corrected chi connectivity index (χ3v) is 5.08. The maximum atomic E-state index is 11.5. The van der Waals surface area contributed by atoms with Crippen LogP contribution in [0, 0.1) is 17.8 Å². The van der Waals surface area contributed by atoms with Gasteiger partial charge in [-0.1, -0.05) is 12.1 Å². The molecule has 0 radical (unpaired) electrons. The highest BCUT2D eigenvalue weighted by Gasteiger charge is 2.42. The topological polar surface area (TPSA) is 29.5 Å². The van der Waals surface area contributed by atoms with Crippen LogP contribution in [-0.2, 0) is 11.2 Å². The first-order valence-corrected chi connectivity index (χ1v) is 7.56. The van der Waals surface area contributed by atoms with Crippen molar-refractivity contribution in [1.82, 2.24) is 4.90 Å². The van der Waals surface area contributed by atoms with Crippen molar-refractivity contribution in [1.29, 1.82) is 0 Å². The molecule has 0 unspecified atom stereocenters. The number of hydrogen-bond donors (Lipinski definition) is 0. The maximum Gasteiger partial charge on any atom is 0.219 e. The zero-order valence-electron chi connectivity index (χ0n) is 12.3. The summed E-state index contributed by atoms with van der Waals surface area (Å²) in [6.07, 6.45) is 3.70. The number of carbonyl (C=O) groups excluding carboxylic acids is 1. The largest absolute Gasteiger partial charge is 0.497 e. The molecule has 3 atom stereocenters. The average Bonchev–Trinajstić information content (AvgIpc) is 3.01. The Balaban J connectivity index is 1.68. The van der Waals surface area contributed by atoms with Gasteiger partial charge in [0.25, 0.3) is 0 Å². The van der Waals surface area contributed by atoms with Crippen molar-refractivity contribution in [2.75, 3.05) is 20.2 Å². The molecule has 1 saturated carbocycles. The summed E-state index contributed by atoms with van der Waals surface area (Å²) in [6.45, 7) is 3.64. The van der Waals surface area contributed by atoms with Crippen molar-refractivity contribution in [3.8, 4) is 5.75 Å². The Kier molecular flexibility index (Phi) is 3.68. The molecule has 1 heterocycles. The Bertz CT molecular complexity index is 500. The smallest absolute Gasteiger partial charge is 0.219 e. The van der Waals surface area contributed by atoms with Gasteiger partial charge in [0.1, 0.15) is 5.75 Å². The van der Waals surface area contributed by atoms with Crippen molar-refractivity contribution >= 4 is 5.91 Å². The second-order valence-electron chi connectivity index (χ2n) is 6.24. The SMILES string of the molecule is COc1cccc(C[C@H]2CC[C@@H]3CN(C(C)=O)C[C@H]23)c1. The second-order valence-corrected chi connectivity index (χ2v) is 6.24. The minimum atomic E-state index is 0.236. The van der Waals surface area contributed by atoms with Gasteiger partial charge < -0.3 is 9.64 Å². The average molecular weight is 273 g/mol. The minimum absolute atomic E-state index is 0.236. The van der Waals surface area contributed by atoms with E-state index in [-0.39, 0.29) is 5.91 Å². The van der Waals surface area contributed by atoms with Gasteiger partial charge >= 0.3 is 0 Å². The number of rotatable bonds is 3. The monoisotopic (exact) mass is 273 g/mol. The Morgan fingerprint density at radius 3 is 2.95 bits per heavy atom. The molecule has 2 fully saturated rings. The van der Waals surface area contributed by atoms with Crippen LogP contribution in [0.2, 0.25) is 0 Å². The molecule has 1 aliphatic heterocycles. The van der Waals surface area contributed by atoms with Gasteiger partial charge in [0.15, 0.2) is 0 Å². The Morgan fingerprint density at radius 1 is 1.35 bits per heavy atom. The molecule has 0 spiro atoms. The normalized spacial score (nSPS) is 28.5. The van der Waals surface area contributed by atoms with E-state index in [1.54, 1.807) is 14.0 Å². The van der Waals surface area contributed by atoms with Gasteiger partial charge in [-0.15, -0.1) is 0 Å². The summed E-state index contributed by atoms with van der Waals surface area (Å²) in [6, 6.07) is 8.39. The number of likely N-dealkylation sites (tertiary alicyclic amines) is 1. The molecule has 3 rings (SSSR count). The lowest BCUT2D eigenvalue weighted by atomic mass is 9.87. The summed E-state index contributed by atoms with van der Waals surface area (Å²) in [7, 11) is 1.71. The van der Waals surface area contributed by atoms with Gasteiger partial charge in [0.2, 0.25) is 5.91 Å². The van der Waals surface area contributed by atoms with E-state index in [1.807, 2.05) is 11.0 Å². The second kappa shape index (κ2) is 5.47. The van der Waals surface area contributed by atoms with Crippen LogP contribution in [0.5, 0.6) is 5.75 Å². The Labute approximate surface area is 120 Å². The molecule has 0 aromatic heterocycles. The fourth-order valence-corrected chi connectivity index (χ4v) is 3.99. The first-order chi connectivity index (χ1) is 9.67. The number of amides is 1. The van der Waals surface area contributed by atoms with E-state index in [4.69, 9.17) is 4.74 Å². The van der Waals surface area contributed by atoms with Crippen molar-refractivity contribution in [3.05, 3.63) is 29.8 Å². The lowest BCUT2D eigenvalue weighted by molar-refractivity contribution is -0.128. The predicted molar refractivity (Wildman–Crippen MR) is 78.7 cm³/mol. The van der Waals surface area contributed by atoms with Crippen LogP contribution in [0.1, 0.15) is 25.3 Å². The van der Waals surface area contributed by atoms with E-state index < -0.39 is 0 Å². The van der Waals surface area contributed by atoms with Crippen LogP contribution < -0.4 is 4.74 Å². The highest BCUT2D eigenvalue weighted by atomic mass is 16.5. The molecule has 2 aliphatic rings. The first kappa shape index (κ1) is 13.5. The number of fused-ring (bicyclic) bond motifs is 1. The number of hydrogen-bond acceptors (Lipinski definition) is 2. The standard InChI is InChI=1S/C17H23NO2/c1-12(19)18-10-15-7-6-14(17(15)11-18)8-13-4-3-5-16(9-13)20-2/h3-5,9,14-15,17H,6-8,10-11H2,1-2H3/t14-,15-,17-/m1/s1. The Morgan fingerprint density at radius 2 is 2.20 bits per heavy atom. The predicted octanol–water partition coefficient (Wildman–Crippen LogP) is 2.74. The van der Waals surface area contributed by atoms with Gasteiger partial charge in [0.05, 0.1) is 7.11 Å². The molecule has 1 aliphatic carbocycles. The summed E-state index contributed by atoms with van der Waals surface area (Å²) in [5, 5.41) is 0. The third kappa shape index (κ3) is 2.54. The molecule has 1 aromatic carbocycles. The van der Waals surface area contributed by atoms with E-state index in [0.29, 0.717) is 5.92 Å². The molecule has 3 nitrogen and oxygen atoms in total. The fraction of sp³-hybridized carbons (Fsp3) is 0.588. The number of ether oxygens (including phenoxy) is 1. The fourth-order valence-electron chi connectivity index (χ4n) is 3.99. The summed E-state index contributed by atoms with van der Waals surface area (Å²) in [5.41, 5.74) is 1.36. The van der Waals surface area contributed by atoms with Crippen LogP contribution >= 0.6 is 0 Å². The van der Waals surface area contributed by atoms with Gasteiger partial charge in [-0.3, -0.25) is 4.79 Å². The number of carbonyl (C=O) groups is 1. The summed E-state index contributed by atoms with van der Waals surface area (Å²) in [5.74, 6) is 3.32. The van der Waals surface area contributed by atoms with Gasteiger partial charge in [-0.05, 0) is 54.7 Å². The molecule has 20 heavy (non-hydrogen) atoms. The quantitative estimate of drug-likeness (QED) is 0.847. The van der Waals surface area contributed by atoms with Crippen LogP contribution in [0.4, 0.5) is 0 Å². The lowest BCUT2D eigenvalue weighted by Gasteiger charge is -2.20. The van der Waals surface area contributed by atoms with Crippen molar-refractivity contribution in [2.45, 2.75) is 26.2 Å². The Hall–Kier alpha value is -1.51. The highest BCUT2D eigenvalue weighted by Crippen LogP contribution is 2.43. The van der Waals surface area contributed by atoms with Gasteiger partial charge in [-0.2, -0.15) is 0 Å². The lowest BCUT2D eigenvalue weighted by Crippen LogP contribution is -2.28. The van der Waals surface area contributed by atoms with Crippen molar-refractivity contribution in [3.63, 3.8) is 0 Å². The van der Waals surface area contributed by atoms with E-state index in [1.165, 1.54) is 18.4 Å². The van der Waals surface area contributed by atoms with Gasteiger partial charge in [0, 0.05) is 20.0 Å². The summed E-state index contributed by atoms with van der Waals surface area (Å²) < 4.78 is 5.30. The van der Waals surface area contributed by atoms with Crippen LogP contribution in [0.15, 0.2) is 24.3 Å². The van der Waals surface area contributed by atoms with Gasteiger partial charge in [-0.25, -0.2) is 0 Å². The van der Waals surface area contributed by atoms with Crippen LogP contribution in [0.25, 0.3) is 0 Å². The van der Waals surface area contributed by atoms with E-state index in [0.717, 1.165) is 37.1 Å². The molecule has 3 heteroatoms. The zero-order valence-corrected chi connectivity index (χ0v) is 12.3. The molecule has 1 saturated heterocycles. The van der Waals surface area contributed by atoms with E-state index >= 15 is 0 Å². The summed E-state index contributed by atoms with van der Waals surface area (Å²) >= 11 is 0. The number of methoxy groups -OCH3 is 1. The molecule has 0 N–H and O–H groups in total. The molecular weight excluding hydrogens is 250 g/mol. The number of benzene rings is 1. The number of nitrogens with zero attached hydrogens (tertiary/aromatic N) is 1. The van der Waals surface area contributed by atoms with Crippen LogP contribution in [-0.4, -0.2) is 31.0 Å². The highest BCUT2D eigenvalue weighted by molar-refractivity contribution is 5.73. The van der Waals surface area contributed by atoms with Crippen molar-refractivity contribution < 1.29 is 9.53 Å². The molecule has 1 amide bonds. The van der Waals surface area contributed by atoms with Crippen molar-refractivity contribution in [2.24, 2.45) is 17.8 Å². The van der Waals surface area contributed by atoms with Crippen LogP contribution in [0.3, 0.4) is 0 Å².